The number of nitrogens with one attached hydrogen (secondary N) is 4. The number of fused-ring (bicyclic) bond motifs is 1. The van der Waals surface area contributed by atoms with Gasteiger partial charge in [-0.25, -0.2) is 4.79 Å². The molecular weight excluding hydrogens is 600 g/mol. The number of hydrogen-bond acceptors (Lipinski definition) is 11. The van der Waals surface area contributed by atoms with Crippen molar-refractivity contribution in [3.63, 3.8) is 0 Å². The van der Waals surface area contributed by atoms with Gasteiger partial charge in [-0.3, -0.25) is 29.0 Å². The number of nitrogens with two attached hydrogens (primary N) is 1. The zero-order chi connectivity index (χ0) is 33.6. The smallest absolute Gasteiger partial charge is 0.328 e. The highest BCUT2D eigenvalue weighted by molar-refractivity contribution is 5.98. The molecule has 2 aromatic heterocycles. The van der Waals surface area contributed by atoms with Crippen molar-refractivity contribution in [3.8, 4) is 0 Å². The summed E-state index contributed by atoms with van der Waals surface area (Å²) in [6.07, 6.45) is 2.29. The third-order valence-corrected chi connectivity index (χ3v) is 6.94. The number of carbonyl (C=O) groups excluding carboxylic acids is 5. The van der Waals surface area contributed by atoms with Gasteiger partial charge in [0.15, 0.2) is 0 Å². The van der Waals surface area contributed by atoms with Crippen LogP contribution in [0.1, 0.15) is 67.9 Å². The number of benzene rings is 1. The van der Waals surface area contributed by atoms with Crippen molar-refractivity contribution in [2.24, 2.45) is 0 Å². The Hall–Kier alpha value is -5.21. The molecule has 2 heterocycles. The number of nitrogen functional groups attached to an aromatic ring is 1. The van der Waals surface area contributed by atoms with E-state index in [9.17, 15) is 28.8 Å². The molecule has 15 heteroatoms. The van der Waals surface area contributed by atoms with E-state index in [0.29, 0.717) is 23.9 Å². The summed E-state index contributed by atoms with van der Waals surface area (Å²) in [7, 11) is 0. The molecule has 2 amide bonds. The lowest BCUT2D eigenvalue weighted by Gasteiger charge is -2.22. The number of esters is 3. The topological polar surface area (TPSA) is 225 Å². The lowest BCUT2D eigenvalue weighted by atomic mass is 10.0. The lowest BCUT2D eigenvalue weighted by molar-refractivity contribution is -0.149. The van der Waals surface area contributed by atoms with Gasteiger partial charge in [0.1, 0.15) is 17.7 Å². The Labute approximate surface area is 265 Å². The standard InChI is InChI=1S/C31H40N6O9/c1-4-44-23(38)15-13-21(28(41)35-22(30(43)46-6-3)14-16-24(39)45-5-2)34-27(40)19-10-7-18(8-11-19)9-12-20-17-33-26-25(20)29(42)37-31(32)36-26/h7-8,10-11,17,21-22H,4-6,9,12-16H2,1-3H3,(H,34,40)(H,35,41)(H4,32,33,36,37,42)/t21-,22-/m0/s1. The Bertz CT molecular complexity index is 1580. The van der Waals surface area contributed by atoms with Crippen LogP contribution in [0.2, 0.25) is 0 Å². The van der Waals surface area contributed by atoms with E-state index in [2.05, 4.69) is 25.6 Å². The molecule has 15 nitrogen and oxygen atoms in total. The van der Waals surface area contributed by atoms with Crippen LogP contribution in [0.3, 0.4) is 0 Å². The first-order valence-electron chi connectivity index (χ1n) is 15.1. The van der Waals surface area contributed by atoms with E-state index in [1.165, 1.54) is 0 Å². The van der Waals surface area contributed by atoms with Gasteiger partial charge in [0, 0.05) is 24.6 Å². The Morgan fingerprint density at radius 1 is 0.848 bits per heavy atom. The summed E-state index contributed by atoms with van der Waals surface area (Å²) in [5, 5.41) is 5.61. The maximum atomic E-state index is 13.3. The van der Waals surface area contributed by atoms with Crippen molar-refractivity contribution in [1.29, 1.82) is 0 Å². The molecule has 3 aromatic rings. The van der Waals surface area contributed by atoms with Gasteiger partial charge in [-0.2, -0.15) is 4.98 Å². The normalized spacial score (nSPS) is 12.2. The van der Waals surface area contributed by atoms with Crippen molar-refractivity contribution in [1.82, 2.24) is 25.6 Å². The van der Waals surface area contributed by atoms with Gasteiger partial charge in [0.25, 0.3) is 11.5 Å². The molecule has 3 rings (SSSR count). The van der Waals surface area contributed by atoms with Crippen LogP contribution < -0.4 is 21.9 Å². The fourth-order valence-electron chi connectivity index (χ4n) is 4.68. The van der Waals surface area contributed by atoms with Gasteiger partial charge in [-0.05, 0) is 69.7 Å². The van der Waals surface area contributed by atoms with E-state index in [1.807, 2.05) is 0 Å². The number of H-pyrrole nitrogens is 2. The van der Waals surface area contributed by atoms with Gasteiger partial charge < -0.3 is 35.6 Å². The minimum atomic E-state index is -1.21. The molecule has 248 valence electrons. The highest BCUT2D eigenvalue weighted by Gasteiger charge is 2.29. The molecule has 0 aliphatic heterocycles. The van der Waals surface area contributed by atoms with Crippen LogP contribution in [-0.2, 0) is 46.2 Å². The van der Waals surface area contributed by atoms with Crippen molar-refractivity contribution in [3.05, 3.63) is 57.5 Å². The third-order valence-electron chi connectivity index (χ3n) is 6.94. The van der Waals surface area contributed by atoms with Crippen molar-refractivity contribution >= 4 is 46.7 Å². The first kappa shape index (κ1) is 35.3. The molecule has 6 N–H and O–H groups in total. The third kappa shape index (κ3) is 10.2. The fourth-order valence-corrected chi connectivity index (χ4v) is 4.68. The van der Waals surface area contributed by atoms with E-state index in [-0.39, 0.29) is 62.6 Å². The van der Waals surface area contributed by atoms with Crippen molar-refractivity contribution in [2.45, 2.75) is 71.4 Å². The van der Waals surface area contributed by atoms with Gasteiger partial charge in [-0.15, -0.1) is 0 Å². The average Bonchev–Trinajstić information content (AvgIpc) is 3.43. The molecule has 0 unspecified atom stereocenters. The van der Waals surface area contributed by atoms with Gasteiger partial charge in [-0.1, -0.05) is 12.1 Å². The van der Waals surface area contributed by atoms with Crippen LogP contribution in [0.4, 0.5) is 5.95 Å². The predicted molar refractivity (Wildman–Crippen MR) is 167 cm³/mol. The minimum Gasteiger partial charge on any atom is -0.466 e. The summed E-state index contributed by atoms with van der Waals surface area (Å²) in [6, 6.07) is 4.30. The largest absolute Gasteiger partial charge is 0.466 e. The number of aryl methyl sites for hydroxylation is 2. The predicted octanol–water partition coefficient (Wildman–Crippen LogP) is 1.45. The molecule has 0 saturated heterocycles. The number of aromatic amines is 2. The summed E-state index contributed by atoms with van der Waals surface area (Å²) in [6.45, 7) is 5.26. The Morgan fingerprint density at radius 2 is 1.46 bits per heavy atom. The van der Waals surface area contributed by atoms with Crippen LogP contribution in [0.5, 0.6) is 0 Å². The number of nitrogens with zero attached hydrogens (tertiary/aromatic N) is 1. The molecule has 0 aliphatic carbocycles. The number of amides is 2. The Morgan fingerprint density at radius 3 is 2.07 bits per heavy atom. The molecule has 0 saturated carbocycles. The maximum Gasteiger partial charge on any atom is 0.328 e. The molecule has 0 radical (unpaired) electrons. The van der Waals surface area contributed by atoms with E-state index >= 15 is 0 Å². The van der Waals surface area contributed by atoms with Crippen LogP contribution in [0.25, 0.3) is 11.0 Å². The fraction of sp³-hybridized carbons (Fsp3) is 0.452. The van der Waals surface area contributed by atoms with Crippen LogP contribution >= 0.6 is 0 Å². The number of aromatic nitrogens is 3. The maximum absolute atomic E-state index is 13.3. The molecule has 2 atom stereocenters. The number of carbonyl (C=O) groups is 5. The first-order chi connectivity index (χ1) is 22.1. The molecule has 0 spiro atoms. The van der Waals surface area contributed by atoms with E-state index in [0.717, 1.165) is 11.1 Å². The summed E-state index contributed by atoms with van der Waals surface area (Å²) >= 11 is 0. The number of ether oxygens (including phenoxy) is 3. The minimum absolute atomic E-state index is 0.0215. The first-order valence-corrected chi connectivity index (χ1v) is 15.1. The second-order valence-corrected chi connectivity index (χ2v) is 10.2. The number of anilines is 1. The summed E-state index contributed by atoms with van der Waals surface area (Å²) in [4.78, 5) is 84.8. The molecule has 0 bridgehead atoms. The SMILES string of the molecule is CCOC(=O)CC[C@H](NC(=O)c1ccc(CCc2c[nH]c3nc(N)[nH]c(=O)c23)cc1)C(=O)N[C@@H](CCC(=O)OCC)C(=O)OCC. The van der Waals surface area contributed by atoms with E-state index < -0.39 is 41.8 Å². The monoisotopic (exact) mass is 640 g/mol. The Kier molecular flexibility index (Phi) is 13.3. The van der Waals surface area contributed by atoms with Gasteiger partial charge in [0.05, 0.1) is 25.2 Å². The van der Waals surface area contributed by atoms with Crippen LogP contribution in [0, 0.1) is 0 Å². The average molecular weight is 641 g/mol. The second-order valence-electron chi connectivity index (χ2n) is 10.2. The van der Waals surface area contributed by atoms with Gasteiger partial charge in [0.2, 0.25) is 11.9 Å². The van der Waals surface area contributed by atoms with Crippen LogP contribution in [0.15, 0.2) is 35.3 Å². The molecule has 1 aromatic carbocycles. The highest BCUT2D eigenvalue weighted by Crippen LogP contribution is 2.16. The quantitative estimate of drug-likeness (QED) is 0.105. The summed E-state index contributed by atoms with van der Waals surface area (Å²) in [5.41, 5.74) is 7.59. The number of rotatable bonds is 17. The lowest BCUT2D eigenvalue weighted by Crippen LogP contribution is -2.52. The number of hydrogen-bond donors (Lipinski definition) is 5. The zero-order valence-electron chi connectivity index (χ0n) is 26.1. The van der Waals surface area contributed by atoms with Gasteiger partial charge >= 0.3 is 17.9 Å². The summed E-state index contributed by atoms with van der Waals surface area (Å²) < 4.78 is 14.9. The van der Waals surface area contributed by atoms with Crippen LogP contribution in [-0.4, -0.2) is 76.6 Å². The van der Waals surface area contributed by atoms with E-state index in [4.69, 9.17) is 19.9 Å². The van der Waals surface area contributed by atoms with Crippen molar-refractivity contribution < 1.29 is 38.2 Å². The highest BCUT2D eigenvalue weighted by atomic mass is 16.5. The molecular formula is C31H40N6O9. The molecule has 46 heavy (non-hydrogen) atoms. The molecule has 0 fully saturated rings. The van der Waals surface area contributed by atoms with Crippen molar-refractivity contribution in [2.75, 3.05) is 25.6 Å². The van der Waals surface area contributed by atoms with E-state index in [1.54, 1.807) is 51.2 Å². The molecule has 0 aliphatic rings. The Balaban J connectivity index is 1.69. The zero-order valence-corrected chi connectivity index (χ0v) is 26.1. The second kappa shape index (κ2) is 17.3. The summed E-state index contributed by atoms with van der Waals surface area (Å²) in [5.74, 6) is -3.14.